The summed E-state index contributed by atoms with van der Waals surface area (Å²) in [5, 5.41) is 2.73. The number of hydrogen-bond acceptors (Lipinski definition) is 5. The lowest BCUT2D eigenvalue weighted by Gasteiger charge is -2.09. The van der Waals surface area contributed by atoms with Crippen LogP contribution in [0, 0.1) is 0 Å². The van der Waals surface area contributed by atoms with Crippen LogP contribution in [0.1, 0.15) is 13.3 Å². The lowest BCUT2D eigenvalue weighted by molar-refractivity contribution is -0.140. The minimum absolute atomic E-state index is 0.115. The van der Waals surface area contributed by atoms with Crippen molar-refractivity contribution in [1.29, 1.82) is 0 Å². The van der Waals surface area contributed by atoms with E-state index in [9.17, 15) is 9.59 Å². The Labute approximate surface area is 100 Å². The zero-order valence-electron chi connectivity index (χ0n) is 9.95. The number of nitrogens with one attached hydrogen (secondary N) is 1. The predicted octanol–water partition coefficient (Wildman–Crippen LogP) is 0.434. The van der Waals surface area contributed by atoms with Gasteiger partial charge in [0.05, 0.1) is 13.5 Å². The van der Waals surface area contributed by atoms with Crippen molar-refractivity contribution in [3.8, 4) is 0 Å². The standard InChI is InChI=1S/C10H19NO4S/c1-8(14-2)10(13)11-5-7-16-6-4-9(12)15-3/h8H,4-7H2,1-3H3,(H,11,13)/t8-/m1/s1. The molecule has 1 amide bonds. The average molecular weight is 249 g/mol. The van der Waals surface area contributed by atoms with Crippen molar-refractivity contribution in [1.82, 2.24) is 5.32 Å². The van der Waals surface area contributed by atoms with Gasteiger partial charge in [-0.1, -0.05) is 0 Å². The molecule has 0 aromatic heterocycles. The predicted molar refractivity (Wildman–Crippen MR) is 63.4 cm³/mol. The van der Waals surface area contributed by atoms with Crippen LogP contribution in [0.15, 0.2) is 0 Å². The van der Waals surface area contributed by atoms with Crippen molar-refractivity contribution in [3.05, 3.63) is 0 Å². The van der Waals surface area contributed by atoms with Gasteiger partial charge in [-0.2, -0.15) is 11.8 Å². The molecule has 0 unspecified atom stereocenters. The molecule has 0 saturated carbocycles. The highest BCUT2D eigenvalue weighted by atomic mass is 32.2. The van der Waals surface area contributed by atoms with E-state index in [0.717, 1.165) is 5.75 Å². The first-order valence-corrected chi connectivity index (χ1v) is 6.22. The van der Waals surface area contributed by atoms with Crippen molar-refractivity contribution in [2.24, 2.45) is 0 Å². The van der Waals surface area contributed by atoms with Gasteiger partial charge in [-0.3, -0.25) is 9.59 Å². The second-order valence-corrected chi connectivity index (χ2v) is 4.33. The first-order chi connectivity index (χ1) is 7.61. The minimum atomic E-state index is -0.417. The summed E-state index contributed by atoms with van der Waals surface area (Å²) in [6.07, 6.45) is -0.0103. The third kappa shape index (κ3) is 7.53. The van der Waals surface area contributed by atoms with Gasteiger partial charge < -0.3 is 14.8 Å². The van der Waals surface area contributed by atoms with Crippen LogP contribution in [-0.2, 0) is 19.1 Å². The Morgan fingerprint density at radius 1 is 1.31 bits per heavy atom. The third-order valence-corrected chi connectivity index (χ3v) is 2.93. The van der Waals surface area contributed by atoms with Crippen LogP contribution in [0.5, 0.6) is 0 Å². The zero-order valence-corrected chi connectivity index (χ0v) is 10.8. The first kappa shape index (κ1) is 15.2. The Kier molecular flexibility index (Phi) is 9.03. The van der Waals surface area contributed by atoms with Crippen LogP contribution in [-0.4, -0.2) is 50.3 Å². The summed E-state index contributed by atoms with van der Waals surface area (Å²) in [7, 11) is 2.87. The van der Waals surface area contributed by atoms with Gasteiger partial charge in [0.15, 0.2) is 0 Å². The molecule has 0 aromatic rings. The number of carbonyl (C=O) groups excluding carboxylic acids is 2. The van der Waals surface area contributed by atoms with Crippen molar-refractivity contribution in [2.45, 2.75) is 19.4 Å². The molecule has 0 bridgehead atoms. The van der Waals surface area contributed by atoms with Crippen LogP contribution in [0.2, 0.25) is 0 Å². The van der Waals surface area contributed by atoms with Crippen LogP contribution < -0.4 is 5.32 Å². The largest absolute Gasteiger partial charge is 0.469 e. The molecule has 0 fully saturated rings. The maximum absolute atomic E-state index is 11.2. The summed E-state index contributed by atoms with van der Waals surface area (Å²) < 4.78 is 9.36. The van der Waals surface area contributed by atoms with E-state index in [4.69, 9.17) is 4.74 Å². The molecule has 1 atom stereocenters. The summed E-state index contributed by atoms with van der Waals surface area (Å²) in [6.45, 7) is 2.28. The molecule has 6 heteroatoms. The van der Waals surface area contributed by atoms with E-state index in [0.29, 0.717) is 18.7 Å². The van der Waals surface area contributed by atoms with Crippen LogP contribution >= 0.6 is 11.8 Å². The van der Waals surface area contributed by atoms with Gasteiger partial charge in [-0.05, 0) is 6.92 Å². The molecule has 0 aromatic carbocycles. The van der Waals surface area contributed by atoms with Gasteiger partial charge in [0.2, 0.25) is 5.91 Å². The van der Waals surface area contributed by atoms with Gasteiger partial charge in [0, 0.05) is 25.2 Å². The Hall–Kier alpha value is -0.750. The number of ether oxygens (including phenoxy) is 2. The molecular weight excluding hydrogens is 230 g/mol. The van der Waals surface area contributed by atoms with Crippen molar-refractivity contribution < 1.29 is 19.1 Å². The van der Waals surface area contributed by atoms with E-state index < -0.39 is 6.10 Å². The van der Waals surface area contributed by atoms with Crippen molar-refractivity contribution in [2.75, 3.05) is 32.3 Å². The van der Waals surface area contributed by atoms with E-state index >= 15 is 0 Å². The minimum Gasteiger partial charge on any atom is -0.469 e. The van der Waals surface area contributed by atoms with Crippen molar-refractivity contribution >= 4 is 23.6 Å². The monoisotopic (exact) mass is 249 g/mol. The van der Waals surface area contributed by atoms with Crippen LogP contribution in [0.4, 0.5) is 0 Å². The lowest BCUT2D eigenvalue weighted by atomic mass is 10.4. The molecule has 5 nitrogen and oxygen atoms in total. The lowest BCUT2D eigenvalue weighted by Crippen LogP contribution is -2.35. The maximum atomic E-state index is 11.2. The van der Waals surface area contributed by atoms with Gasteiger partial charge in [-0.15, -0.1) is 0 Å². The number of hydrogen-bond donors (Lipinski definition) is 1. The summed E-state index contributed by atoms with van der Waals surface area (Å²) in [4.78, 5) is 22.0. The number of methoxy groups -OCH3 is 2. The second-order valence-electron chi connectivity index (χ2n) is 3.11. The maximum Gasteiger partial charge on any atom is 0.306 e. The molecule has 0 saturated heterocycles. The Morgan fingerprint density at radius 3 is 2.56 bits per heavy atom. The van der Waals surface area contributed by atoms with Gasteiger partial charge in [0.25, 0.3) is 0 Å². The molecule has 0 spiro atoms. The summed E-state index contributed by atoms with van der Waals surface area (Å²) in [5.41, 5.74) is 0. The molecule has 0 heterocycles. The Morgan fingerprint density at radius 2 is 2.00 bits per heavy atom. The highest BCUT2D eigenvalue weighted by molar-refractivity contribution is 7.99. The summed E-state index contributed by atoms with van der Waals surface area (Å²) in [5.74, 6) is 1.17. The molecule has 94 valence electrons. The number of amides is 1. The SMILES string of the molecule is COC(=O)CCSCCNC(=O)[C@@H](C)OC. The van der Waals surface area contributed by atoms with E-state index in [-0.39, 0.29) is 11.9 Å². The highest BCUT2D eigenvalue weighted by Gasteiger charge is 2.09. The molecule has 1 N–H and O–H groups in total. The quantitative estimate of drug-likeness (QED) is 0.499. The van der Waals surface area contributed by atoms with Gasteiger partial charge in [0.1, 0.15) is 6.10 Å². The zero-order chi connectivity index (χ0) is 12.4. The molecule has 0 aliphatic rings. The number of thioether (sulfide) groups is 1. The number of rotatable bonds is 8. The Balaban J connectivity index is 3.33. The fraction of sp³-hybridized carbons (Fsp3) is 0.800. The second kappa shape index (κ2) is 9.47. The van der Waals surface area contributed by atoms with Crippen LogP contribution in [0.3, 0.4) is 0 Å². The topological polar surface area (TPSA) is 64.6 Å². The molecule has 16 heavy (non-hydrogen) atoms. The van der Waals surface area contributed by atoms with Crippen LogP contribution in [0.25, 0.3) is 0 Å². The van der Waals surface area contributed by atoms with E-state index in [1.54, 1.807) is 18.7 Å². The third-order valence-electron chi connectivity index (χ3n) is 1.95. The summed E-state index contributed by atoms with van der Waals surface area (Å²) in [6, 6.07) is 0. The molecular formula is C10H19NO4S. The first-order valence-electron chi connectivity index (χ1n) is 5.07. The molecule has 0 aliphatic heterocycles. The fourth-order valence-corrected chi connectivity index (χ4v) is 1.62. The summed E-state index contributed by atoms with van der Waals surface area (Å²) >= 11 is 1.60. The molecule has 0 radical (unpaired) electrons. The van der Waals surface area contributed by atoms with Gasteiger partial charge >= 0.3 is 5.97 Å². The van der Waals surface area contributed by atoms with E-state index in [1.165, 1.54) is 14.2 Å². The fourth-order valence-electron chi connectivity index (χ4n) is 0.857. The highest BCUT2D eigenvalue weighted by Crippen LogP contribution is 2.01. The number of esters is 1. The van der Waals surface area contributed by atoms with E-state index in [2.05, 4.69) is 10.1 Å². The van der Waals surface area contributed by atoms with E-state index in [1.807, 2.05) is 0 Å². The number of carbonyl (C=O) groups is 2. The smallest absolute Gasteiger partial charge is 0.306 e. The molecule has 0 rings (SSSR count). The molecule has 0 aliphatic carbocycles. The Bertz CT molecular complexity index is 223. The average Bonchev–Trinajstić information content (AvgIpc) is 2.31. The normalized spacial score (nSPS) is 11.9. The van der Waals surface area contributed by atoms with Crippen molar-refractivity contribution in [3.63, 3.8) is 0 Å². The van der Waals surface area contributed by atoms with Gasteiger partial charge in [-0.25, -0.2) is 0 Å².